The average Bonchev–Trinajstić information content (AvgIpc) is 3.19. The van der Waals surface area contributed by atoms with Gasteiger partial charge in [-0.15, -0.1) is 11.3 Å². The van der Waals surface area contributed by atoms with Crippen LogP contribution in [0.3, 0.4) is 0 Å². The topological polar surface area (TPSA) is 36.4 Å². The van der Waals surface area contributed by atoms with Crippen molar-refractivity contribution in [3.05, 3.63) is 71.7 Å². The van der Waals surface area contributed by atoms with Crippen molar-refractivity contribution in [2.75, 3.05) is 31.1 Å². The lowest BCUT2D eigenvalue weighted by atomic mass is 10.2. The Bertz CT molecular complexity index is 840. The maximum absolute atomic E-state index is 12.7. The zero-order valence-corrected chi connectivity index (χ0v) is 14.7. The fraction of sp³-hybridized carbons (Fsp3) is 0.200. The Balaban J connectivity index is 1.42. The van der Waals surface area contributed by atoms with E-state index in [1.54, 1.807) is 0 Å². The fourth-order valence-corrected chi connectivity index (χ4v) is 3.85. The molecule has 1 amide bonds. The first-order valence-corrected chi connectivity index (χ1v) is 9.29. The van der Waals surface area contributed by atoms with Gasteiger partial charge in [0.05, 0.1) is 0 Å². The van der Waals surface area contributed by atoms with Gasteiger partial charge in [-0.1, -0.05) is 48.5 Å². The molecule has 2 aromatic carbocycles. The molecule has 2 heterocycles. The molecule has 1 saturated heterocycles. The molecule has 0 unspecified atom stereocenters. The molecule has 0 N–H and O–H groups in total. The van der Waals surface area contributed by atoms with Crippen LogP contribution in [-0.2, 0) is 0 Å². The molecule has 0 aliphatic carbocycles. The monoisotopic (exact) mass is 349 g/mol. The van der Waals surface area contributed by atoms with Crippen LogP contribution >= 0.6 is 11.3 Å². The van der Waals surface area contributed by atoms with Gasteiger partial charge in [0, 0.05) is 42.8 Å². The second-order valence-corrected chi connectivity index (χ2v) is 6.88. The van der Waals surface area contributed by atoms with E-state index in [1.807, 2.05) is 58.8 Å². The normalized spacial score (nSPS) is 14.6. The van der Waals surface area contributed by atoms with Crippen LogP contribution in [0, 0.1) is 0 Å². The van der Waals surface area contributed by atoms with Gasteiger partial charge in [0.2, 0.25) is 0 Å². The van der Waals surface area contributed by atoms with E-state index in [0.29, 0.717) is 5.69 Å². The molecule has 0 radical (unpaired) electrons. The van der Waals surface area contributed by atoms with Crippen LogP contribution in [0.1, 0.15) is 10.5 Å². The van der Waals surface area contributed by atoms with Crippen LogP contribution in [0.4, 0.5) is 5.69 Å². The van der Waals surface area contributed by atoms with Gasteiger partial charge in [-0.05, 0) is 12.1 Å². The number of benzene rings is 2. The molecule has 4 rings (SSSR count). The highest BCUT2D eigenvalue weighted by Crippen LogP contribution is 2.24. The summed E-state index contributed by atoms with van der Waals surface area (Å²) < 4.78 is 0. The van der Waals surface area contributed by atoms with Crippen LogP contribution < -0.4 is 4.90 Å². The molecule has 0 atom stereocenters. The van der Waals surface area contributed by atoms with Crippen molar-refractivity contribution in [2.24, 2.45) is 0 Å². The molecule has 1 fully saturated rings. The number of amides is 1. The third-order valence-electron chi connectivity index (χ3n) is 4.43. The molecular formula is C20H19N3OS. The Labute approximate surface area is 151 Å². The number of hydrogen-bond donors (Lipinski definition) is 0. The zero-order valence-electron chi connectivity index (χ0n) is 13.8. The fourth-order valence-electron chi connectivity index (χ4n) is 3.05. The first-order valence-electron chi connectivity index (χ1n) is 8.41. The minimum Gasteiger partial charge on any atom is -0.368 e. The van der Waals surface area contributed by atoms with Gasteiger partial charge < -0.3 is 9.80 Å². The van der Waals surface area contributed by atoms with Crippen LogP contribution in [0.25, 0.3) is 10.6 Å². The van der Waals surface area contributed by atoms with Crippen molar-refractivity contribution in [3.63, 3.8) is 0 Å². The molecule has 1 aliphatic heterocycles. The number of carbonyl (C=O) groups is 1. The van der Waals surface area contributed by atoms with E-state index in [0.717, 1.165) is 36.8 Å². The van der Waals surface area contributed by atoms with Crippen molar-refractivity contribution in [3.8, 4) is 10.6 Å². The predicted octanol–water partition coefficient (Wildman–Crippen LogP) is 3.77. The van der Waals surface area contributed by atoms with Gasteiger partial charge in [0.1, 0.15) is 10.7 Å². The number of rotatable bonds is 3. The van der Waals surface area contributed by atoms with Crippen molar-refractivity contribution < 1.29 is 4.79 Å². The second kappa shape index (κ2) is 7.07. The van der Waals surface area contributed by atoms with Gasteiger partial charge in [-0.2, -0.15) is 0 Å². The Kier molecular flexibility index (Phi) is 4.48. The standard InChI is InChI=1S/C20H19N3OS/c24-20(18-15-25-19(21-18)16-7-3-1-4-8-16)23-13-11-22(12-14-23)17-9-5-2-6-10-17/h1-10,15H,11-14H2. The number of carbonyl (C=O) groups excluding carboxylic acids is 1. The third-order valence-corrected chi connectivity index (χ3v) is 5.32. The highest BCUT2D eigenvalue weighted by Gasteiger charge is 2.24. The number of nitrogens with zero attached hydrogens (tertiary/aromatic N) is 3. The Morgan fingerprint density at radius 1 is 0.880 bits per heavy atom. The van der Waals surface area contributed by atoms with Crippen LogP contribution in [-0.4, -0.2) is 42.0 Å². The number of hydrogen-bond acceptors (Lipinski definition) is 4. The van der Waals surface area contributed by atoms with Crippen LogP contribution in [0.15, 0.2) is 66.0 Å². The van der Waals surface area contributed by atoms with Crippen LogP contribution in [0.5, 0.6) is 0 Å². The average molecular weight is 349 g/mol. The zero-order chi connectivity index (χ0) is 17.1. The molecule has 1 aliphatic rings. The Hall–Kier alpha value is -2.66. The molecule has 4 nitrogen and oxygen atoms in total. The van der Waals surface area contributed by atoms with E-state index in [4.69, 9.17) is 0 Å². The summed E-state index contributed by atoms with van der Waals surface area (Å²) in [7, 11) is 0. The highest BCUT2D eigenvalue weighted by molar-refractivity contribution is 7.13. The molecule has 0 spiro atoms. The van der Waals surface area contributed by atoms with E-state index < -0.39 is 0 Å². The maximum atomic E-state index is 12.7. The van der Waals surface area contributed by atoms with E-state index in [9.17, 15) is 4.79 Å². The molecular weight excluding hydrogens is 330 g/mol. The SMILES string of the molecule is O=C(c1csc(-c2ccccc2)n1)N1CCN(c2ccccc2)CC1. The lowest BCUT2D eigenvalue weighted by Gasteiger charge is -2.35. The lowest BCUT2D eigenvalue weighted by molar-refractivity contribution is 0.0742. The minimum atomic E-state index is 0.0335. The second-order valence-electron chi connectivity index (χ2n) is 6.02. The molecule has 0 saturated carbocycles. The summed E-state index contributed by atoms with van der Waals surface area (Å²) in [5, 5.41) is 2.76. The largest absolute Gasteiger partial charge is 0.368 e. The van der Waals surface area contributed by atoms with Crippen LogP contribution in [0.2, 0.25) is 0 Å². The molecule has 126 valence electrons. The molecule has 1 aromatic heterocycles. The van der Waals surface area contributed by atoms with Crippen molar-refractivity contribution in [2.45, 2.75) is 0 Å². The Morgan fingerprint density at radius 2 is 1.52 bits per heavy atom. The van der Waals surface area contributed by atoms with Crippen molar-refractivity contribution >= 4 is 22.9 Å². The summed E-state index contributed by atoms with van der Waals surface area (Å²) >= 11 is 1.52. The van der Waals surface area contributed by atoms with Gasteiger partial charge >= 0.3 is 0 Å². The van der Waals surface area contributed by atoms with Crippen molar-refractivity contribution in [1.82, 2.24) is 9.88 Å². The van der Waals surface area contributed by atoms with Gasteiger partial charge in [0.25, 0.3) is 5.91 Å². The summed E-state index contributed by atoms with van der Waals surface area (Å²) in [6, 6.07) is 20.3. The highest BCUT2D eigenvalue weighted by atomic mass is 32.1. The lowest BCUT2D eigenvalue weighted by Crippen LogP contribution is -2.48. The number of anilines is 1. The Morgan fingerprint density at radius 3 is 2.20 bits per heavy atom. The third kappa shape index (κ3) is 3.42. The maximum Gasteiger partial charge on any atom is 0.273 e. The quantitative estimate of drug-likeness (QED) is 0.722. The van der Waals surface area contributed by atoms with E-state index in [1.165, 1.54) is 17.0 Å². The molecule has 3 aromatic rings. The predicted molar refractivity (Wildman–Crippen MR) is 102 cm³/mol. The summed E-state index contributed by atoms with van der Waals surface area (Å²) in [6.07, 6.45) is 0. The number of para-hydroxylation sites is 1. The summed E-state index contributed by atoms with van der Waals surface area (Å²) in [5.41, 5.74) is 2.83. The van der Waals surface area contributed by atoms with Crippen molar-refractivity contribution in [1.29, 1.82) is 0 Å². The molecule has 25 heavy (non-hydrogen) atoms. The number of piperazine rings is 1. The summed E-state index contributed by atoms with van der Waals surface area (Å²) in [6.45, 7) is 3.16. The van der Waals surface area contributed by atoms with Gasteiger partial charge in [-0.25, -0.2) is 4.98 Å². The summed E-state index contributed by atoms with van der Waals surface area (Å²) in [5.74, 6) is 0.0335. The summed E-state index contributed by atoms with van der Waals surface area (Å²) in [4.78, 5) is 21.5. The smallest absolute Gasteiger partial charge is 0.273 e. The number of aromatic nitrogens is 1. The van der Waals surface area contributed by atoms with Gasteiger partial charge in [-0.3, -0.25) is 4.79 Å². The molecule has 5 heteroatoms. The van der Waals surface area contributed by atoms with E-state index in [2.05, 4.69) is 22.0 Å². The van der Waals surface area contributed by atoms with Gasteiger partial charge in [0.15, 0.2) is 0 Å². The first kappa shape index (κ1) is 15.8. The van der Waals surface area contributed by atoms with E-state index >= 15 is 0 Å². The van der Waals surface area contributed by atoms with E-state index in [-0.39, 0.29) is 5.91 Å². The number of thiazole rings is 1. The minimum absolute atomic E-state index is 0.0335. The molecule has 0 bridgehead atoms. The first-order chi connectivity index (χ1) is 12.3.